The Morgan fingerprint density at radius 2 is 1.76 bits per heavy atom. The largest absolute Gasteiger partial charge is 0.423 e. The Labute approximate surface area is 142 Å². The van der Waals surface area contributed by atoms with E-state index in [2.05, 4.69) is 11.9 Å². The first-order valence-electron chi connectivity index (χ1n) is 7.40. The maximum atomic E-state index is 13.6. The van der Waals surface area contributed by atoms with Gasteiger partial charge in [-0.15, -0.1) is 0 Å². The summed E-state index contributed by atoms with van der Waals surface area (Å²) in [7, 11) is 0. The highest BCUT2D eigenvalue weighted by atomic mass is 19.1. The molecule has 126 valence electrons. The first-order chi connectivity index (χ1) is 12.0. The average Bonchev–Trinajstić information content (AvgIpc) is 2.87. The van der Waals surface area contributed by atoms with Crippen LogP contribution in [0.5, 0.6) is 0 Å². The van der Waals surface area contributed by atoms with E-state index in [-0.39, 0.29) is 23.4 Å². The van der Waals surface area contributed by atoms with E-state index in [4.69, 9.17) is 4.74 Å². The van der Waals surface area contributed by atoms with Gasteiger partial charge in [-0.3, -0.25) is 4.79 Å². The van der Waals surface area contributed by atoms with Gasteiger partial charge in [0.25, 0.3) is 5.91 Å². The van der Waals surface area contributed by atoms with Gasteiger partial charge in [-0.1, -0.05) is 30.8 Å². The Hall–Kier alpha value is -3.28. The summed E-state index contributed by atoms with van der Waals surface area (Å²) >= 11 is 0. The van der Waals surface area contributed by atoms with E-state index in [1.807, 2.05) is 0 Å². The van der Waals surface area contributed by atoms with Crippen LogP contribution >= 0.6 is 0 Å². The van der Waals surface area contributed by atoms with E-state index in [1.165, 1.54) is 48.5 Å². The number of allylic oxidation sites excluding steroid dienone is 1. The molecular formula is C19H13F2NO3. The van der Waals surface area contributed by atoms with Gasteiger partial charge in [0.2, 0.25) is 0 Å². The summed E-state index contributed by atoms with van der Waals surface area (Å²) in [4.78, 5) is 24.1. The first-order valence-corrected chi connectivity index (χ1v) is 7.40. The first kappa shape index (κ1) is 16.6. The van der Waals surface area contributed by atoms with Gasteiger partial charge < -0.3 is 10.1 Å². The molecule has 0 saturated carbocycles. The van der Waals surface area contributed by atoms with Crippen LogP contribution in [0.2, 0.25) is 0 Å². The average molecular weight is 341 g/mol. The Kier molecular flexibility index (Phi) is 4.43. The van der Waals surface area contributed by atoms with Gasteiger partial charge in [-0.2, -0.15) is 0 Å². The second-order valence-corrected chi connectivity index (χ2v) is 5.34. The number of hydrogen-bond donors (Lipinski definition) is 1. The van der Waals surface area contributed by atoms with Gasteiger partial charge in [-0.25, -0.2) is 13.6 Å². The van der Waals surface area contributed by atoms with Crippen LogP contribution in [0, 0.1) is 11.6 Å². The maximum Gasteiger partial charge on any atom is 0.341 e. The zero-order valence-corrected chi connectivity index (χ0v) is 13.0. The molecule has 1 N–H and O–H groups in total. The van der Waals surface area contributed by atoms with Crippen LogP contribution in [-0.4, -0.2) is 18.4 Å². The lowest BCUT2D eigenvalue weighted by molar-refractivity contribution is -0.133. The minimum atomic E-state index is -0.661. The van der Waals surface area contributed by atoms with Crippen molar-refractivity contribution in [1.29, 1.82) is 0 Å². The van der Waals surface area contributed by atoms with Crippen molar-refractivity contribution in [3.05, 3.63) is 89.2 Å². The summed E-state index contributed by atoms with van der Waals surface area (Å²) in [5, 5.41) is 2.49. The second-order valence-electron chi connectivity index (χ2n) is 5.34. The topological polar surface area (TPSA) is 55.4 Å². The zero-order valence-electron chi connectivity index (χ0n) is 13.0. The van der Waals surface area contributed by atoms with E-state index >= 15 is 0 Å². The van der Waals surface area contributed by atoms with Crippen LogP contribution in [0.25, 0.3) is 5.57 Å². The van der Waals surface area contributed by atoms with Crippen molar-refractivity contribution in [2.45, 2.75) is 0 Å². The molecule has 1 heterocycles. The minimum absolute atomic E-state index is 0.117. The van der Waals surface area contributed by atoms with E-state index < -0.39 is 23.5 Å². The Balaban J connectivity index is 1.86. The molecule has 0 spiro atoms. The normalized spacial score (nSPS) is 13.8. The molecule has 1 aliphatic rings. The van der Waals surface area contributed by atoms with Crippen LogP contribution in [0.1, 0.15) is 15.9 Å². The molecule has 1 aliphatic heterocycles. The molecule has 3 rings (SSSR count). The summed E-state index contributed by atoms with van der Waals surface area (Å²) < 4.78 is 31.7. The van der Waals surface area contributed by atoms with Gasteiger partial charge in [-0.05, 0) is 29.8 Å². The van der Waals surface area contributed by atoms with Crippen LogP contribution < -0.4 is 5.32 Å². The zero-order chi connectivity index (χ0) is 18.0. The van der Waals surface area contributed by atoms with E-state index in [0.29, 0.717) is 11.1 Å². The fourth-order valence-electron chi connectivity index (χ4n) is 2.52. The molecule has 25 heavy (non-hydrogen) atoms. The van der Waals surface area contributed by atoms with Crippen LogP contribution in [-0.2, 0) is 9.53 Å². The number of hydrogen-bond acceptors (Lipinski definition) is 3. The Morgan fingerprint density at radius 3 is 2.44 bits per heavy atom. The monoisotopic (exact) mass is 341 g/mol. The molecular weight excluding hydrogens is 328 g/mol. The van der Waals surface area contributed by atoms with Crippen LogP contribution in [0.3, 0.4) is 0 Å². The second kappa shape index (κ2) is 6.68. The highest BCUT2D eigenvalue weighted by Crippen LogP contribution is 2.33. The predicted molar refractivity (Wildman–Crippen MR) is 87.3 cm³/mol. The number of benzene rings is 2. The fourth-order valence-corrected chi connectivity index (χ4v) is 2.52. The number of ether oxygens (including phenoxy) is 1. The number of halogens is 2. The molecule has 0 saturated heterocycles. The molecule has 2 aromatic rings. The molecule has 0 aliphatic carbocycles. The molecule has 0 fully saturated rings. The SMILES string of the molecule is C=C1OC(=O)C(CNC(=O)c2ccccc2F)=C1c1ccc(F)cc1. The summed E-state index contributed by atoms with van der Waals surface area (Å²) in [5.41, 5.74) is 0.962. The smallest absolute Gasteiger partial charge is 0.341 e. The summed E-state index contributed by atoms with van der Waals surface area (Å²) in [6.45, 7) is 3.50. The molecule has 0 aromatic heterocycles. The van der Waals surface area contributed by atoms with E-state index in [1.54, 1.807) is 0 Å². The molecule has 4 nitrogen and oxygen atoms in total. The Morgan fingerprint density at radius 1 is 1.08 bits per heavy atom. The van der Waals surface area contributed by atoms with Crippen LogP contribution in [0.15, 0.2) is 66.4 Å². The Bertz CT molecular complexity index is 901. The fraction of sp³-hybridized carbons (Fsp3) is 0.0526. The molecule has 1 amide bonds. The maximum absolute atomic E-state index is 13.6. The van der Waals surface area contributed by atoms with Gasteiger partial charge in [0, 0.05) is 5.57 Å². The number of carbonyl (C=O) groups excluding carboxylic acids is 2. The molecule has 0 atom stereocenters. The third-order valence-corrected chi connectivity index (χ3v) is 3.72. The van der Waals surface area contributed by atoms with Gasteiger partial charge in [0.1, 0.15) is 17.4 Å². The number of esters is 1. The summed E-state index contributed by atoms with van der Waals surface area (Å²) in [6, 6.07) is 11.0. The third kappa shape index (κ3) is 3.33. The number of cyclic esters (lactones) is 1. The van der Waals surface area contributed by atoms with Crippen molar-refractivity contribution in [3.8, 4) is 0 Å². The molecule has 6 heteroatoms. The van der Waals surface area contributed by atoms with Gasteiger partial charge in [0.15, 0.2) is 0 Å². The summed E-state index contributed by atoms with van der Waals surface area (Å²) in [5.74, 6) is -2.28. The lowest BCUT2D eigenvalue weighted by Gasteiger charge is -2.07. The van der Waals surface area contributed by atoms with Crippen LogP contribution in [0.4, 0.5) is 8.78 Å². The molecule has 2 aromatic carbocycles. The number of amides is 1. The molecule has 0 radical (unpaired) electrons. The van der Waals surface area contributed by atoms with E-state index in [9.17, 15) is 18.4 Å². The van der Waals surface area contributed by atoms with E-state index in [0.717, 1.165) is 0 Å². The highest BCUT2D eigenvalue weighted by Gasteiger charge is 2.30. The van der Waals surface area contributed by atoms with Gasteiger partial charge >= 0.3 is 5.97 Å². The molecule has 0 bridgehead atoms. The van der Waals surface area contributed by atoms with Crippen molar-refractivity contribution < 1.29 is 23.1 Å². The van der Waals surface area contributed by atoms with Crippen molar-refractivity contribution in [2.75, 3.05) is 6.54 Å². The standard InChI is InChI=1S/C19H13F2NO3/c1-11-17(12-6-8-13(20)9-7-12)15(19(24)25-11)10-22-18(23)14-4-2-3-5-16(14)21/h2-9H,1,10H2,(H,22,23). The summed E-state index contributed by atoms with van der Waals surface area (Å²) in [6.07, 6.45) is 0. The minimum Gasteiger partial charge on any atom is -0.423 e. The lowest BCUT2D eigenvalue weighted by Crippen LogP contribution is -2.28. The van der Waals surface area contributed by atoms with Crippen molar-refractivity contribution >= 4 is 17.4 Å². The predicted octanol–water partition coefficient (Wildman–Crippen LogP) is 3.22. The quantitative estimate of drug-likeness (QED) is 0.869. The van der Waals surface area contributed by atoms with Crippen molar-refractivity contribution in [1.82, 2.24) is 5.32 Å². The lowest BCUT2D eigenvalue weighted by atomic mass is 10.00. The van der Waals surface area contributed by atoms with Gasteiger partial charge in [0.05, 0.1) is 17.7 Å². The molecule has 0 unspecified atom stereocenters. The van der Waals surface area contributed by atoms with Crippen molar-refractivity contribution in [3.63, 3.8) is 0 Å². The number of carbonyl (C=O) groups is 2. The highest BCUT2D eigenvalue weighted by molar-refractivity contribution is 6.07. The number of rotatable bonds is 4. The third-order valence-electron chi connectivity index (χ3n) is 3.72. The van der Waals surface area contributed by atoms with Crippen molar-refractivity contribution in [2.24, 2.45) is 0 Å². The number of nitrogens with one attached hydrogen (secondary N) is 1.